The van der Waals surface area contributed by atoms with Crippen molar-refractivity contribution in [1.82, 2.24) is 0 Å². The van der Waals surface area contributed by atoms with Gasteiger partial charge in [0.15, 0.2) is 0 Å². The first-order valence-electron chi connectivity index (χ1n) is 10.1. The fourth-order valence-corrected chi connectivity index (χ4v) is 3.73. The van der Waals surface area contributed by atoms with Gasteiger partial charge in [-0.1, -0.05) is 31.2 Å². The molecule has 0 saturated carbocycles. The summed E-state index contributed by atoms with van der Waals surface area (Å²) in [6.45, 7) is 7.97. The molecular weight excluding hydrogens is 362 g/mol. The molecule has 2 aromatic rings. The molecule has 2 atom stereocenters. The summed E-state index contributed by atoms with van der Waals surface area (Å²) in [7, 11) is 0. The quantitative estimate of drug-likeness (QED) is 0.556. The van der Waals surface area contributed by atoms with Gasteiger partial charge in [-0.2, -0.15) is 0 Å². The second-order valence-corrected chi connectivity index (χ2v) is 7.71. The highest BCUT2D eigenvalue weighted by Crippen LogP contribution is 2.38. The van der Waals surface area contributed by atoms with Crippen LogP contribution in [0.15, 0.2) is 55.1 Å². The van der Waals surface area contributed by atoms with Crippen molar-refractivity contribution in [1.29, 1.82) is 0 Å². The van der Waals surface area contributed by atoms with Gasteiger partial charge >= 0.3 is 0 Å². The van der Waals surface area contributed by atoms with Crippen molar-refractivity contribution in [2.75, 3.05) is 16.8 Å². The number of nitrogens with zero attached hydrogens (tertiary/aromatic N) is 1. The molecule has 1 aliphatic heterocycles. The van der Waals surface area contributed by atoms with Crippen molar-refractivity contribution in [2.45, 2.75) is 39.2 Å². The summed E-state index contributed by atoms with van der Waals surface area (Å²) < 4.78 is 0. The molecule has 5 heteroatoms. The second kappa shape index (κ2) is 9.05. The van der Waals surface area contributed by atoms with Gasteiger partial charge in [-0.05, 0) is 59.7 Å². The van der Waals surface area contributed by atoms with Crippen LogP contribution in [-0.2, 0) is 9.59 Å². The lowest BCUT2D eigenvalue weighted by atomic mass is 9.87. The highest BCUT2D eigenvalue weighted by atomic mass is 16.2. The first kappa shape index (κ1) is 20.8. The molecule has 0 radical (unpaired) electrons. The predicted molar refractivity (Wildman–Crippen MR) is 119 cm³/mol. The van der Waals surface area contributed by atoms with Crippen LogP contribution in [0.2, 0.25) is 0 Å². The number of benzene rings is 2. The summed E-state index contributed by atoms with van der Waals surface area (Å²) in [6.07, 6.45) is 3.95. The molecule has 0 aromatic heterocycles. The lowest BCUT2D eigenvalue weighted by Gasteiger charge is -2.37. The number of rotatable bonds is 6. The lowest BCUT2D eigenvalue weighted by Crippen LogP contribution is -2.42. The monoisotopic (exact) mass is 391 g/mol. The average molecular weight is 392 g/mol. The molecule has 0 bridgehead atoms. The Morgan fingerprint density at radius 2 is 1.90 bits per heavy atom. The third-order valence-corrected chi connectivity index (χ3v) is 5.46. The normalized spacial score (nSPS) is 18.1. The van der Waals surface area contributed by atoms with Gasteiger partial charge in [-0.15, -0.1) is 6.58 Å². The Labute approximate surface area is 172 Å². The number of fused-ring (bicyclic) bond motifs is 1. The van der Waals surface area contributed by atoms with E-state index in [2.05, 4.69) is 24.9 Å². The molecule has 0 fully saturated rings. The maximum Gasteiger partial charge on any atom is 0.224 e. The summed E-state index contributed by atoms with van der Waals surface area (Å²) in [5.41, 5.74) is 11.2. The summed E-state index contributed by atoms with van der Waals surface area (Å²) in [6, 6.07) is 13.8. The van der Waals surface area contributed by atoms with Crippen molar-refractivity contribution in [3.05, 3.63) is 60.7 Å². The number of carbonyl (C=O) groups excluding carboxylic acids is 2. The minimum Gasteiger partial charge on any atom is -0.326 e. The lowest BCUT2D eigenvalue weighted by molar-refractivity contribution is -0.117. The average Bonchev–Trinajstić information content (AvgIpc) is 2.71. The van der Waals surface area contributed by atoms with Crippen LogP contribution in [0.3, 0.4) is 0 Å². The molecule has 3 N–H and O–H groups in total. The summed E-state index contributed by atoms with van der Waals surface area (Å²) in [5.74, 6) is 0.240. The number of carbonyl (C=O) groups is 2. The van der Waals surface area contributed by atoms with Crippen LogP contribution in [0, 0.1) is 5.92 Å². The van der Waals surface area contributed by atoms with E-state index < -0.39 is 0 Å². The molecule has 5 nitrogen and oxygen atoms in total. The number of nitrogens with one attached hydrogen (secondary N) is 1. The van der Waals surface area contributed by atoms with Gasteiger partial charge in [-0.3, -0.25) is 9.59 Å². The van der Waals surface area contributed by atoms with Crippen molar-refractivity contribution in [3.63, 3.8) is 0 Å². The summed E-state index contributed by atoms with van der Waals surface area (Å²) in [4.78, 5) is 25.8. The fourth-order valence-electron chi connectivity index (χ4n) is 3.73. The summed E-state index contributed by atoms with van der Waals surface area (Å²) >= 11 is 0. The Balaban J connectivity index is 1.78. The van der Waals surface area contributed by atoms with Gasteiger partial charge in [0.1, 0.15) is 0 Å². The van der Waals surface area contributed by atoms with Crippen LogP contribution in [-0.4, -0.2) is 18.4 Å². The van der Waals surface area contributed by atoms with E-state index in [-0.39, 0.29) is 23.8 Å². The summed E-state index contributed by atoms with van der Waals surface area (Å²) in [5, 5.41) is 2.92. The first-order valence-corrected chi connectivity index (χ1v) is 10.1. The fraction of sp³-hybridized carbons (Fsp3) is 0.333. The number of anilines is 2. The van der Waals surface area contributed by atoms with Crippen LogP contribution in [0.25, 0.3) is 11.1 Å². The maximum atomic E-state index is 12.0. The van der Waals surface area contributed by atoms with Crippen molar-refractivity contribution >= 4 is 23.2 Å². The van der Waals surface area contributed by atoms with E-state index in [1.54, 1.807) is 11.8 Å². The number of hydrogen-bond donors (Lipinski definition) is 2. The SMILES string of the molecule is C=CCCCC(=O)Nc1ccc(-c2ccc3c(c2)C(N)[C@H](C)CN3C(C)=O)cc1. The Hall–Kier alpha value is -2.92. The zero-order valence-corrected chi connectivity index (χ0v) is 17.2. The number of allylic oxidation sites excluding steroid dienone is 1. The first-order chi connectivity index (χ1) is 13.9. The van der Waals surface area contributed by atoms with Crippen LogP contribution in [0.4, 0.5) is 11.4 Å². The van der Waals surface area contributed by atoms with Crippen molar-refractivity contribution < 1.29 is 9.59 Å². The number of unbranched alkanes of at least 4 members (excludes halogenated alkanes) is 1. The van der Waals surface area contributed by atoms with E-state index in [4.69, 9.17) is 5.73 Å². The van der Waals surface area contributed by atoms with Gasteiger partial charge in [0.2, 0.25) is 11.8 Å². The maximum absolute atomic E-state index is 12.0. The molecule has 0 spiro atoms. The highest BCUT2D eigenvalue weighted by Gasteiger charge is 2.30. The second-order valence-electron chi connectivity index (χ2n) is 7.71. The number of hydrogen-bond acceptors (Lipinski definition) is 3. The molecule has 3 rings (SSSR count). The highest BCUT2D eigenvalue weighted by molar-refractivity contribution is 5.94. The van der Waals surface area contributed by atoms with Crippen molar-refractivity contribution in [2.24, 2.45) is 11.7 Å². The van der Waals surface area contributed by atoms with Crippen LogP contribution >= 0.6 is 0 Å². The minimum absolute atomic E-state index is 0.0117. The van der Waals surface area contributed by atoms with Gasteiger partial charge < -0.3 is 16.0 Å². The van der Waals surface area contributed by atoms with Crippen molar-refractivity contribution in [3.8, 4) is 11.1 Å². The molecule has 2 aromatic carbocycles. The molecule has 0 saturated heterocycles. The van der Waals surface area contributed by atoms with Gasteiger partial charge in [0, 0.05) is 37.3 Å². The molecule has 1 aliphatic rings. The topological polar surface area (TPSA) is 75.4 Å². The third kappa shape index (κ3) is 4.74. The Morgan fingerprint density at radius 3 is 2.55 bits per heavy atom. The van der Waals surface area contributed by atoms with Gasteiger partial charge in [0.25, 0.3) is 0 Å². The Morgan fingerprint density at radius 1 is 1.21 bits per heavy atom. The smallest absolute Gasteiger partial charge is 0.224 e. The zero-order valence-electron chi connectivity index (χ0n) is 17.2. The predicted octanol–water partition coefficient (Wildman–Crippen LogP) is 4.65. The van der Waals surface area contributed by atoms with E-state index in [9.17, 15) is 9.59 Å². The molecule has 2 amide bonds. The van der Waals surface area contributed by atoms with Crippen LogP contribution in [0.1, 0.15) is 44.7 Å². The van der Waals surface area contributed by atoms with E-state index in [0.29, 0.717) is 13.0 Å². The molecule has 0 aliphatic carbocycles. The third-order valence-electron chi connectivity index (χ3n) is 5.46. The molecule has 29 heavy (non-hydrogen) atoms. The van der Waals surface area contributed by atoms with Gasteiger partial charge in [-0.25, -0.2) is 0 Å². The Bertz CT molecular complexity index is 905. The number of amides is 2. The van der Waals surface area contributed by atoms with Gasteiger partial charge in [0.05, 0.1) is 0 Å². The Kier molecular flexibility index (Phi) is 6.49. The van der Waals surface area contributed by atoms with E-state index >= 15 is 0 Å². The van der Waals surface area contributed by atoms with Crippen LogP contribution in [0.5, 0.6) is 0 Å². The van der Waals surface area contributed by atoms with E-state index in [0.717, 1.165) is 40.9 Å². The zero-order chi connectivity index (χ0) is 21.0. The largest absolute Gasteiger partial charge is 0.326 e. The molecule has 1 unspecified atom stereocenters. The minimum atomic E-state index is -0.102. The van der Waals surface area contributed by atoms with E-state index in [1.807, 2.05) is 42.5 Å². The molecule has 1 heterocycles. The van der Waals surface area contributed by atoms with Crippen LogP contribution < -0.4 is 16.0 Å². The van der Waals surface area contributed by atoms with E-state index in [1.165, 1.54) is 0 Å². The molecule has 152 valence electrons. The number of nitrogens with two attached hydrogens (primary N) is 1. The molecular formula is C24H29N3O2. The standard InChI is InChI=1S/C24H29N3O2/c1-4-5-6-7-23(29)26-20-11-8-18(9-12-20)19-10-13-22-21(14-19)24(25)16(2)15-27(22)17(3)28/h4,8-14,16,24H,1,5-7,15,25H2,2-3H3,(H,26,29)/t16-,24?/m1/s1.